The number of fused-ring (bicyclic) bond motifs is 1. The van der Waals surface area contributed by atoms with E-state index in [1.54, 1.807) is 22.5 Å². The number of benzene rings is 2. The van der Waals surface area contributed by atoms with Crippen molar-refractivity contribution in [1.82, 2.24) is 9.62 Å². The fraction of sp³-hybridized carbons (Fsp3) is 0.440. The predicted molar refractivity (Wildman–Crippen MR) is 127 cm³/mol. The van der Waals surface area contributed by atoms with Gasteiger partial charge in [-0.3, -0.25) is 14.5 Å². The van der Waals surface area contributed by atoms with E-state index in [0.717, 1.165) is 36.8 Å². The zero-order valence-corrected chi connectivity index (χ0v) is 20.0. The molecule has 2 aromatic rings. The van der Waals surface area contributed by atoms with Gasteiger partial charge in [0.05, 0.1) is 4.90 Å². The Hall–Kier alpha value is -2.71. The minimum atomic E-state index is -3.60. The molecule has 2 aromatic carbocycles. The minimum Gasteiger partial charge on any atom is -0.350 e. The fourth-order valence-electron chi connectivity index (χ4n) is 4.63. The van der Waals surface area contributed by atoms with Gasteiger partial charge in [0.1, 0.15) is 6.04 Å². The first-order valence-corrected chi connectivity index (χ1v) is 13.0. The van der Waals surface area contributed by atoms with E-state index >= 15 is 0 Å². The van der Waals surface area contributed by atoms with Gasteiger partial charge in [0.2, 0.25) is 21.8 Å². The maximum Gasteiger partial charge on any atom is 0.243 e. The van der Waals surface area contributed by atoms with Crippen LogP contribution in [-0.4, -0.2) is 43.7 Å². The van der Waals surface area contributed by atoms with E-state index in [1.807, 2.05) is 31.2 Å². The second kappa shape index (κ2) is 9.65. The molecule has 2 heterocycles. The number of carbonyl (C=O) groups excluding carboxylic acids is 2. The molecule has 0 radical (unpaired) electrons. The van der Waals surface area contributed by atoms with Crippen LogP contribution in [-0.2, 0) is 32.6 Å². The van der Waals surface area contributed by atoms with Crippen LogP contribution >= 0.6 is 0 Å². The molecule has 176 valence electrons. The van der Waals surface area contributed by atoms with Gasteiger partial charge in [0.15, 0.2) is 0 Å². The van der Waals surface area contributed by atoms with Crippen molar-refractivity contribution in [3.63, 3.8) is 0 Å². The van der Waals surface area contributed by atoms with Crippen molar-refractivity contribution in [3.8, 4) is 0 Å². The third-order valence-electron chi connectivity index (χ3n) is 6.47. The summed E-state index contributed by atoms with van der Waals surface area (Å²) in [5.41, 5.74) is 3.43. The number of sulfonamides is 1. The quantitative estimate of drug-likeness (QED) is 0.729. The van der Waals surface area contributed by atoms with E-state index in [0.29, 0.717) is 30.9 Å². The van der Waals surface area contributed by atoms with Gasteiger partial charge in [-0.05, 0) is 49.1 Å². The molecule has 0 spiro atoms. The molecule has 1 fully saturated rings. The standard InChI is InChI=1S/C25H31N3O4S/c1-18-7-9-20(10-8-18)17-26-25(30)24-16-21-15-22(11-12-23(21)28(24)19(2)29)33(31,32)27-13-5-3-4-6-14-27/h7-12,15,24H,3-6,13-14,16-17H2,1-2H3,(H,26,30). The highest BCUT2D eigenvalue weighted by Gasteiger charge is 2.38. The largest absolute Gasteiger partial charge is 0.350 e. The summed E-state index contributed by atoms with van der Waals surface area (Å²) in [5.74, 6) is -0.494. The zero-order valence-electron chi connectivity index (χ0n) is 19.2. The van der Waals surface area contributed by atoms with Crippen LogP contribution in [0, 0.1) is 6.92 Å². The van der Waals surface area contributed by atoms with E-state index in [-0.39, 0.29) is 23.1 Å². The molecule has 7 nitrogen and oxygen atoms in total. The van der Waals surface area contributed by atoms with Crippen molar-refractivity contribution >= 4 is 27.5 Å². The van der Waals surface area contributed by atoms with E-state index in [9.17, 15) is 18.0 Å². The molecule has 8 heteroatoms. The number of nitrogens with one attached hydrogen (secondary N) is 1. The first-order valence-electron chi connectivity index (χ1n) is 11.5. The normalized spacial score (nSPS) is 19.1. The van der Waals surface area contributed by atoms with Crippen molar-refractivity contribution < 1.29 is 18.0 Å². The molecular formula is C25H31N3O4S. The number of anilines is 1. The topological polar surface area (TPSA) is 86.8 Å². The Balaban J connectivity index is 1.54. The molecule has 1 atom stereocenters. The van der Waals surface area contributed by atoms with Crippen molar-refractivity contribution in [1.29, 1.82) is 0 Å². The Kier molecular flexibility index (Phi) is 6.86. The first kappa shape index (κ1) is 23.4. The van der Waals surface area contributed by atoms with Gasteiger partial charge in [-0.25, -0.2) is 8.42 Å². The Morgan fingerprint density at radius 2 is 1.67 bits per heavy atom. The van der Waals surface area contributed by atoms with Gasteiger partial charge in [-0.2, -0.15) is 4.31 Å². The lowest BCUT2D eigenvalue weighted by atomic mass is 10.1. The van der Waals surface area contributed by atoms with Crippen LogP contribution in [0.2, 0.25) is 0 Å². The van der Waals surface area contributed by atoms with Crippen molar-refractivity contribution in [3.05, 3.63) is 59.2 Å². The fourth-order valence-corrected chi connectivity index (χ4v) is 6.20. The zero-order chi connectivity index (χ0) is 23.6. The van der Waals surface area contributed by atoms with Gasteiger partial charge in [-0.1, -0.05) is 42.7 Å². The number of hydrogen-bond donors (Lipinski definition) is 1. The van der Waals surface area contributed by atoms with Crippen LogP contribution in [0.1, 0.15) is 49.3 Å². The summed E-state index contributed by atoms with van der Waals surface area (Å²) in [4.78, 5) is 27.1. The average Bonchev–Trinajstić information content (AvgIpc) is 2.96. The SMILES string of the molecule is CC(=O)N1c2ccc(S(=O)(=O)N3CCCCCC3)cc2CC1C(=O)NCc1ccc(C)cc1. The summed E-state index contributed by atoms with van der Waals surface area (Å²) in [6.07, 6.45) is 4.11. The predicted octanol–water partition coefficient (Wildman–Crippen LogP) is 3.15. The summed E-state index contributed by atoms with van der Waals surface area (Å²) < 4.78 is 28.0. The molecule has 0 aliphatic carbocycles. The molecule has 33 heavy (non-hydrogen) atoms. The van der Waals surface area contributed by atoms with E-state index in [4.69, 9.17) is 0 Å². The van der Waals surface area contributed by atoms with Crippen LogP contribution < -0.4 is 10.2 Å². The summed E-state index contributed by atoms with van der Waals surface area (Å²) >= 11 is 0. The summed E-state index contributed by atoms with van der Waals surface area (Å²) in [5, 5.41) is 2.92. The van der Waals surface area contributed by atoms with Crippen LogP contribution in [0.25, 0.3) is 0 Å². The van der Waals surface area contributed by atoms with Crippen LogP contribution in [0.15, 0.2) is 47.4 Å². The van der Waals surface area contributed by atoms with Crippen LogP contribution in [0.5, 0.6) is 0 Å². The molecule has 1 unspecified atom stereocenters. The molecule has 2 amide bonds. The van der Waals surface area contributed by atoms with E-state index in [1.165, 1.54) is 11.8 Å². The molecule has 0 saturated carbocycles. The molecule has 2 aliphatic heterocycles. The Bertz CT molecular complexity index is 1140. The van der Waals surface area contributed by atoms with E-state index in [2.05, 4.69) is 5.32 Å². The molecular weight excluding hydrogens is 438 g/mol. The molecule has 1 saturated heterocycles. The lowest BCUT2D eigenvalue weighted by molar-refractivity contribution is -0.125. The second-order valence-corrected chi connectivity index (χ2v) is 10.9. The number of hydrogen-bond acceptors (Lipinski definition) is 4. The van der Waals surface area contributed by atoms with Crippen molar-refractivity contribution in [2.45, 2.75) is 63.4 Å². The lowest BCUT2D eigenvalue weighted by Gasteiger charge is -2.24. The molecule has 2 aliphatic rings. The highest BCUT2D eigenvalue weighted by Crippen LogP contribution is 2.35. The lowest BCUT2D eigenvalue weighted by Crippen LogP contribution is -2.47. The number of nitrogens with zero attached hydrogens (tertiary/aromatic N) is 2. The average molecular weight is 470 g/mol. The monoisotopic (exact) mass is 469 g/mol. The molecule has 4 rings (SSSR count). The highest BCUT2D eigenvalue weighted by atomic mass is 32.2. The maximum absolute atomic E-state index is 13.2. The molecule has 0 bridgehead atoms. The maximum atomic E-state index is 13.2. The number of rotatable bonds is 5. The van der Waals surface area contributed by atoms with Gasteiger partial charge >= 0.3 is 0 Å². The van der Waals surface area contributed by atoms with Gasteiger partial charge in [-0.15, -0.1) is 0 Å². The van der Waals surface area contributed by atoms with Crippen molar-refractivity contribution in [2.24, 2.45) is 0 Å². The van der Waals surface area contributed by atoms with Crippen LogP contribution in [0.4, 0.5) is 5.69 Å². The third-order valence-corrected chi connectivity index (χ3v) is 8.36. The molecule has 1 N–H and O–H groups in total. The summed E-state index contributed by atoms with van der Waals surface area (Å²) in [7, 11) is -3.60. The third kappa shape index (κ3) is 4.96. The van der Waals surface area contributed by atoms with Gasteiger partial charge < -0.3 is 5.32 Å². The van der Waals surface area contributed by atoms with Gasteiger partial charge in [0, 0.05) is 38.7 Å². The van der Waals surface area contributed by atoms with Gasteiger partial charge in [0.25, 0.3) is 0 Å². The summed E-state index contributed by atoms with van der Waals surface area (Å²) in [6.45, 7) is 4.86. The minimum absolute atomic E-state index is 0.229. The Labute approximate surface area is 195 Å². The Morgan fingerprint density at radius 3 is 2.30 bits per heavy atom. The smallest absolute Gasteiger partial charge is 0.243 e. The Morgan fingerprint density at radius 1 is 1.00 bits per heavy atom. The summed E-state index contributed by atoms with van der Waals surface area (Å²) in [6, 6.07) is 12.1. The first-order chi connectivity index (χ1) is 15.8. The van der Waals surface area contributed by atoms with Crippen LogP contribution in [0.3, 0.4) is 0 Å². The van der Waals surface area contributed by atoms with E-state index < -0.39 is 16.1 Å². The number of aryl methyl sites for hydroxylation is 1. The van der Waals surface area contributed by atoms with Crippen molar-refractivity contribution in [2.75, 3.05) is 18.0 Å². The highest BCUT2D eigenvalue weighted by molar-refractivity contribution is 7.89. The number of amides is 2. The number of carbonyl (C=O) groups is 2. The second-order valence-electron chi connectivity index (χ2n) is 8.92. The molecule has 0 aromatic heterocycles.